The Hall–Kier alpha value is -2.64. The maximum Gasteiger partial charge on any atom is 0.349 e. The van der Waals surface area contributed by atoms with Crippen LogP contribution in [0.3, 0.4) is 0 Å². The molecule has 0 bridgehead atoms. The molecule has 0 heterocycles. The highest BCUT2D eigenvalue weighted by Crippen LogP contribution is 2.49. The molecule has 0 saturated carbocycles. The lowest BCUT2D eigenvalue weighted by Gasteiger charge is -2.19. The third-order valence-corrected chi connectivity index (χ3v) is 6.68. The number of benzene rings is 2. The van der Waals surface area contributed by atoms with Crippen molar-refractivity contribution in [1.29, 1.82) is 0 Å². The molecule has 3 N–H and O–H groups in total. The summed E-state index contributed by atoms with van der Waals surface area (Å²) in [5.74, 6) is 0. The van der Waals surface area contributed by atoms with E-state index in [0.717, 1.165) is 6.07 Å². The molecule has 0 aliphatic carbocycles. The fourth-order valence-electron chi connectivity index (χ4n) is 2.82. The highest BCUT2D eigenvalue weighted by molar-refractivity contribution is 7.89. The number of primary sulfonamides is 1. The maximum atomic E-state index is 12.7. The van der Waals surface area contributed by atoms with Crippen LogP contribution >= 0.6 is 7.60 Å². The van der Waals surface area contributed by atoms with E-state index in [2.05, 4.69) is 5.32 Å². The van der Waals surface area contributed by atoms with Crippen molar-refractivity contribution in [2.75, 3.05) is 24.8 Å². The van der Waals surface area contributed by atoms with E-state index < -0.39 is 55.4 Å². The fraction of sp³-hybridized carbons (Fsp3) is 0.333. The molecule has 13 nitrogen and oxygen atoms in total. The molecule has 2 aromatic rings. The number of nitrogens with one attached hydrogen (secondary N) is 1. The normalized spacial score (nSPS) is 12.1. The molecule has 0 radical (unpaired) electrons. The minimum atomic E-state index is -4.40. The van der Waals surface area contributed by atoms with Crippen LogP contribution in [0.15, 0.2) is 29.2 Å². The van der Waals surface area contributed by atoms with Gasteiger partial charge in [0.05, 0.1) is 39.4 Å². The lowest BCUT2D eigenvalue weighted by Crippen LogP contribution is -2.14. The molecular formula is C15H19N4O9PS. The van der Waals surface area contributed by atoms with Crippen LogP contribution in [0.1, 0.15) is 13.8 Å². The molecule has 0 aromatic heterocycles. The predicted octanol–water partition coefficient (Wildman–Crippen LogP) is 2.94. The van der Waals surface area contributed by atoms with Crippen LogP contribution < -0.4 is 10.5 Å². The van der Waals surface area contributed by atoms with Gasteiger partial charge in [-0.2, -0.15) is 0 Å². The Kier molecular flexibility index (Phi) is 7.10. The number of non-ortho nitro benzene ring substituents is 1. The van der Waals surface area contributed by atoms with Gasteiger partial charge in [0, 0.05) is 5.39 Å². The minimum absolute atomic E-state index is 0.0393. The fourth-order valence-corrected chi connectivity index (χ4v) is 4.99. The van der Waals surface area contributed by atoms with Crippen LogP contribution in [0.5, 0.6) is 0 Å². The number of hydrogen-bond acceptors (Lipinski definition) is 10. The first-order valence-electron chi connectivity index (χ1n) is 8.48. The van der Waals surface area contributed by atoms with E-state index in [1.165, 1.54) is 12.1 Å². The molecule has 0 amide bonds. The van der Waals surface area contributed by atoms with Crippen molar-refractivity contribution in [2.24, 2.45) is 5.14 Å². The molecule has 164 valence electrons. The first-order chi connectivity index (χ1) is 13.9. The van der Waals surface area contributed by atoms with Crippen molar-refractivity contribution < 1.29 is 31.9 Å². The third kappa shape index (κ3) is 4.91. The Labute approximate surface area is 171 Å². The summed E-state index contributed by atoms with van der Waals surface area (Å²) >= 11 is 0. The molecule has 0 fully saturated rings. The van der Waals surface area contributed by atoms with Crippen molar-refractivity contribution in [3.05, 3.63) is 44.5 Å². The number of nitro benzene ring substituents is 2. The van der Waals surface area contributed by atoms with E-state index in [0.29, 0.717) is 6.07 Å². The van der Waals surface area contributed by atoms with Gasteiger partial charge >= 0.3 is 7.60 Å². The van der Waals surface area contributed by atoms with Crippen molar-refractivity contribution in [3.63, 3.8) is 0 Å². The molecule has 2 aromatic carbocycles. The van der Waals surface area contributed by atoms with Gasteiger partial charge in [0.25, 0.3) is 11.4 Å². The van der Waals surface area contributed by atoms with Crippen LogP contribution in [0.2, 0.25) is 0 Å². The number of fused-ring (bicyclic) bond motifs is 1. The van der Waals surface area contributed by atoms with Gasteiger partial charge in [0.1, 0.15) is 12.0 Å². The van der Waals surface area contributed by atoms with E-state index in [1.54, 1.807) is 13.8 Å². The summed E-state index contributed by atoms with van der Waals surface area (Å²) in [5, 5.41) is 30.2. The van der Waals surface area contributed by atoms with Crippen molar-refractivity contribution >= 4 is 45.5 Å². The van der Waals surface area contributed by atoms with Gasteiger partial charge in [-0.05, 0) is 19.9 Å². The lowest BCUT2D eigenvalue weighted by atomic mass is 10.0. The molecule has 0 unspecified atom stereocenters. The van der Waals surface area contributed by atoms with Crippen molar-refractivity contribution in [1.82, 2.24) is 0 Å². The Morgan fingerprint density at radius 2 is 1.67 bits per heavy atom. The molecule has 0 saturated heterocycles. The second-order valence-corrected chi connectivity index (χ2v) is 9.39. The lowest BCUT2D eigenvalue weighted by molar-refractivity contribution is -0.392. The number of nitro groups is 2. The van der Waals surface area contributed by atoms with Crippen LogP contribution in [-0.2, 0) is 23.6 Å². The smallest absolute Gasteiger partial charge is 0.349 e. The summed E-state index contributed by atoms with van der Waals surface area (Å²) in [5.41, 5.74) is -1.82. The van der Waals surface area contributed by atoms with Gasteiger partial charge in [-0.1, -0.05) is 12.1 Å². The summed E-state index contributed by atoms with van der Waals surface area (Å²) < 4.78 is 46.9. The maximum absolute atomic E-state index is 12.7. The highest BCUT2D eigenvalue weighted by atomic mass is 32.2. The first kappa shape index (κ1) is 23.6. The van der Waals surface area contributed by atoms with Crippen molar-refractivity contribution in [2.45, 2.75) is 18.7 Å². The Balaban J connectivity index is 2.82. The number of sulfonamides is 1. The predicted molar refractivity (Wildman–Crippen MR) is 108 cm³/mol. The van der Waals surface area contributed by atoms with E-state index >= 15 is 0 Å². The molecule has 2 rings (SSSR count). The van der Waals surface area contributed by atoms with E-state index in [1.807, 2.05) is 0 Å². The van der Waals surface area contributed by atoms with Gasteiger partial charge in [-0.25, -0.2) is 13.6 Å². The van der Waals surface area contributed by atoms with E-state index in [-0.39, 0.29) is 24.3 Å². The molecular weight excluding hydrogens is 443 g/mol. The summed E-state index contributed by atoms with van der Waals surface area (Å²) in [6, 6.07) is 4.14. The van der Waals surface area contributed by atoms with Crippen LogP contribution in [0, 0.1) is 20.2 Å². The Morgan fingerprint density at radius 1 is 1.10 bits per heavy atom. The zero-order valence-electron chi connectivity index (χ0n) is 15.9. The van der Waals surface area contributed by atoms with Crippen molar-refractivity contribution in [3.8, 4) is 0 Å². The van der Waals surface area contributed by atoms with Gasteiger partial charge in [-0.3, -0.25) is 24.8 Å². The molecule has 0 spiro atoms. The number of anilines is 1. The molecule has 15 heteroatoms. The molecule has 0 aliphatic rings. The topological polar surface area (TPSA) is 194 Å². The SMILES string of the molecule is CCOP(=O)(CNc1c([N+](=O)[O-])cc([N+](=O)[O-])c2c(S(N)(=O)=O)cccc12)OCC. The van der Waals surface area contributed by atoms with E-state index in [9.17, 15) is 33.2 Å². The summed E-state index contributed by atoms with van der Waals surface area (Å²) in [7, 11) is -8.10. The number of hydrogen-bond donors (Lipinski definition) is 2. The third-order valence-electron chi connectivity index (χ3n) is 3.88. The number of rotatable bonds is 10. The van der Waals surface area contributed by atoms with Crippen LogP contribution in [0.4, 0.5) is 17.1 Å². The zero-order chi connectivity index (χ0) is 22.7. The second kappa shape index (κ2) is 9.02. The van der Waals surface area contributed by atoms with Crippen LogP contribution in [0.25, 0.3) is 10.8 Å². The van der Waals surface area contributed by atoms with Crippen LogP contribution in [-0.4, -0.2) is 37.8 Å². The average molecular weight is 462 g/mol. The summed E-state index contributed by atoms with van der Waals surface area (Å²) in [6.07, 6.45) is -0.498. The van der Waals surface area contributed by atoms with Gasteiger partial charge in [0.15, 0.2) is 0 Å². The van der Waals surface area contributed by atoms with Gasteiger partial charge in [0.2, 0.25) is 10.0 Å². The summed E-state index contributed by atoms with van der Waals surface area (Å²) in [4.78, 5) is 20.7. The second-order valence-electron chi connectivity index (χ2n) is 5.81. The largest absolute Gasteiger partial charge is 0.368 e. The Morgan fingerprint density at radius 3 is 2.13 bits per heavy atom. The van der Waals surface area contributed by atoms with Gasteiger partial charge in [-0.15, -0.1) is 0 Å². The minimum Gasteiger partial charge on any atom is -0.368 e. The summed E-state index contributed by atoms with van der Waals surface area (Å²) in [6.45, 7) is 3.23. The quantitative estimate of drug-likeness (QED) is 0.301. The molecule has 0 aliphatic heterocycles. The number of nitrogens with zero attached hydrogens (tertiary/aromatic N) is 2. The van der Waals surface area contributed by atoms with E-state index in [4.69, 9.17) is 14.2 Å². The molecule has 30 heavy (non-hydrogen) atoms. The Bertz CT molecular complexity index is 1140. The monoisotopic (exact) mass is 462 g/mol. The zero-order valence-corrected chi connectivity index (χ0v) is 17.6. The first-order valence-corrected chi connectivity index (χ1v) is 11.8. The standard InChI is InChI=1S/C15H19N4O9PS/c1-3-27-29(24,28-4-2)9-17-15-10-6-5-7-13(30(16,25)26)14(10)11(18(20)21)8-12(15)19(22)23/h5-8,17H,3-4,9H2,1-2H3,(H2,16,25,26). The number of nitrogens with two attached hydrogens (primary N) is 1. The van der Waals surface area contributed by atoms with Gasteiger partial charge < -0.3 is 14.4 Å². The average Bonchev–Trinajstić information content (AvgIpc) is 2.64. The molecule has 0 atom stereocenters. The highest BCUT2D eigenvalue weighted by Gasteiger charge is 2.31.